The van der Waals surface area contributed by atoms with E-state index in [2.05, 4.69) is 5.32 Å². The first-order chi connectivity index (χ1) is 9.28. The summed E-state index contributed by atoms with van der Waals surface area (Å²) in [5.41, 5.74) is 0. The number of hydrogen-bond donors (Lipinski definition) is 2. The Morgan fingerprint density at radius 2 is 1.75 bits per heavy atom. The largest absolute Gasteiger partial charge is 0.481 e. The number of carbonyl (C=O) groups is 2. The number of carboxylic acid groups (broad SMARTS) is 1. The van der Waals surface area contributed by atoms with Crippen LogP contribution in [0.3, 0.4) is 0 Å². The van der Waals surface area contributed by atoms with Crippen LogP contribution in [0, 0.1) is 0 Å². The molecule has 1 aliphatic rings. The van der Waals surface area contributed by atoms with Crippen LogP contribution in [0.5, 0.6) is 0 Å². The first-order valence-electron chi connectivity index (χ1n) is 6.31. The van der Waals surface area contributed by atoms with Crippen molar-refractivity contribution in [2.75, 3.05) is 39.3 Å². The van der Waals surface area contributed by atoms with Gasteiger partial charge in [-0.3, -0.25) is 9.69 Å². The summed E-state index contributed by atoms with van der Waals surface area (Å²) in [7, 11) is 0. The van der Waals surface area contributed by atoms with E-state index in [4.69, 9.17) is 5.11 Å². The molecule has 1 rings (SSSR count). The van der Waals surface area contributed by atoms with Gasteiger partial charge in [0.25, 0.3) is 0 Å². The molecule has 0 atom stereocenters. The van der Waals surface area contributed by atoms with Crippen LogP contribution >= 0.6 is 0 Å². The van der Waals surface area contributed by atoms with Gasteiger partial charge in [0.05, 0.1) is 12.8 Å². The molecule has 0 spiro atoms. The van der Waals surface area contributed by atoms with Crippen LogP contribution in [-0.4, -0.2) is 72.4 Å². The van der Waals surface area contributed by atoms with Crippen LogP contribution in [0.1, 0.15) is 12.8 Å². The first-order valence-corrected chi connectivity index (χ1v) is 6.31. The summed E-state index contributed by atoms with van der Waals surface area (Å²) in [6.45, 7) is 1.81. The number of nitrogens with one attached hydrogen (secondary N) is 1. The zero-order valence-corrected chi connectivity index (χ0v) is 10.9. The fourth-order valence-electron chi connectivity index (χ4n) is 1.85. The molecule has 0 aliphatic carbocycles. The van der Waals surface area contributed by atoms with Gasteiger partial charge < -0.3 is 15.3 Å². The number of carboxylic acids is 1. The van der Waals surface area contributed by atoms with Crippen molar-refractivity contribution in [2.45, 2.75) is 19.0 Å². The quantitative estimate of drug-likeness (QED) is 0.785. The highest BCUT2D eigenvalue weighted by molar-refractivity contribution is 5.74. The third-order valence-corrected chi connectivity index (χ3v) is 2.99. The lowest BCUT2D eigenvalue weighted by atomic mass is 10.3. The van der Waals surface area contributed by atoms with Crippen molar-refractivity contribution in [3.63, 3.8) is 0 Å². The number of urea groups is 1. The number of halogens is 3. The van der Waals surface area contributed by atoms with E-state index < -0.39 is 31.1 Å². The molecule has 6 nitrogen and oxygen atoms in total. The molecule has 2 amide bonds. The summed E-state index contributed by atoms with van der Waals surface area (Å²) in [5.74, 6) is -0.877. The maximum atomic E-state index is 11.9. The van der Waals surface area contributed by atoms with Crippen molar-refractivity contribution in [2.24, 2.45) is 0 Å². The lowest BCUT2D eigenvalue weighted by Crippen LogP contribution is -2.52. The second-order valence-electron chi connectivity index (χ2n) is 4.57. The van der Waals surface area contributed by atoms with Crippen molar-refractivity contribution >= 4 is 12.0 Å². The van der Waals surface area contributed by atoms with Crippen LogP contribution in [0.15, 0.2) is 0 Å². The van der Waals surface area contributed by atoms with Crippen molar-refractivity contribution in [1.29, 1.82) is 0 Å². The highest BCUT2D eigenvalue weighted by atomic mass is 19.4. The van der Waals surface area contributed by atoms with Crippen molar-refractivity contribution < 1.29 is 27.9 Å². The Kier molecular flexibility index (Phi) is 6.05. The fraction of sp³-hybridized carbons (Fsp3) is 0.818. The second-order valence-corrected chi connectivity index (χ2v) is 4.57. The standard InChI is InChI=1S/C11H18F3N3O3/c12-11(13,14)2-3-15-10(20)17-7-5-16(6-8-17)4-1-9(18)19/h1-8H2,(H,15,20)(H,18,19). The number of nitrogens with zero attached hydrogens (tertiary/aromatic N) is 2. The van der Waals surface area contributed by atoms with Crippen LogP contribution in [0.4, 0.5) is 18.0 Å². The maximum Gasteiger partial charge on any atom is 0.390 e. The van der Waals surface area contributed by atoms with Gasteiger partial charge in [-0.1, -0.05) is 0 Å². The average Bonchev–Trinajstić information content (AvgIpc) is 2.35. The maximum absolute atomic E-state index is 11.9. The molecule has 0 aromatic carbocycles. The minimum atomic E-state index is -4.27. The fourth-order valence-corrected chi connectivity index (χ4v) is 1.85. The normalized spacial score (nSPS) is 17.1. The summed E-state index contributed by atoms with van der Waals surface area (Å²) in [5, 5.41) is 10.8. The van der Waals surface area contributed by atoms with E-state index in [0.717, 1.165) is 0 Å². The van der Waals surface area contributed by atoms with E-state index in [9.17, 15) is 22.8 Å². The number of hydrogen-bond acceptors (Lipinski definition) is 3. The highest BCUT2D eigenvalue weighted by Gasteiger charge is 2.27. The van der Waals surface area contributed by atoms with Crippen LogP contribution in [0.25, 0.3) is 0 Å². The molecule has 0 aromatic rings. The van der Waals surface area contributed by atoms with Crippen molar-refractivity contribution in [3.8, 4) is 0 Å². The number of piperazine rings is 1. The summed E-state index contributed by atoms with van der Waals surface area (Å²) in [6, 6.07) is -0.507. The van der Waals surface area contributed by atoms with E-state index in [-0.39, 0.29) is 6.42 Å². The zero-order valence-electron chi connectivity index (χ0n) is 10.9. The van der Waals surface area contributed by atoms with Gasteiger partial charge in [0.1, 0.15) is 0 Å². The number of amides is 2. The molecule has 1 heterocycles. The Bertz CT molecular complexity index is 342. The average molecular weight is 297 g/mol. The zero-order chi connectivity index (χ0) is 15.2. The van der Waals surface area contributed by atoms with Crippen LogP contribution in [-0.2, 0) is 4.79 Å². The lowest BCUT2D eigenvalue weighted by Gasteiger charge is -2.34. The number of rotatable bonds is 5. The molecule has 2 N–H and O–H groups in total. The summed E-state index contributed by atoms with van der Waals surface area (Å²) in [4.78, 5) is 25.4. The molecule has 0 bridgehead atoms. The highest BCUT2D eigenvalue weighted by Crippen LogP contribution is 2.18. The van der Waals surface area contributed by atoms with E-state index >= 15 is 0 Å². The van der Waals surface area contributed by atoms with Gasteiger partial charge in [0.2, 0.25) is 0 Å². The third-order valence-electron chi connectivity index (χ3n) is 2.99. The minimum absolute atomic E-state index is 0.0395. The molecule has 0 aromatic heterocycles. The Labute approximate surface area is 114 Å². The minimum Gasteiger partial charge on any atom is -0.481 e. The molecule has 0 unspecified atom stereocenters. The van der Waals surface area contributed by atoms with Crippen molar-refractivity contribution in [1.82, 2.24) is 15.1 Å². The van der Waals surface area contributed by atoms with Gasteiger partial charge in [0.15, 0.2) is 0 Å². The summed E-state index contributed by atoms with van der Waals surface area (Å²) >= 11 is 0. The second kappa shape index (κ2) is 7.32. The SMILES string of the molecule is O=C(O)CCN1CCN(C(=O)NCCC(F)(F)F)CC1. The van der Waals surface area contributed by atoms with Gasteiger partial charge in [-0.05, 0) is 0 Å². The lowest BCUT2D eigenvalue weighted by molar-refractivity contribution is -0.137. The predicted octanol–water partition coefficient (Wildman–Crippen LogP) is 0.741. The van der Waals surface area contributed by atoms with Gasteiger partial charge in [0, 0.05) is 39.3 Å². The topological polar surface area (TPSA) is 72.9 Å². The first kappa shape index (κ1) is 16.5. The van der Waals surface area contributed by atoms with E-state index in [1.54, 1.807) is 0 Å². The third kappa shape index (κ3) is 6.60. The monoisotopic (exact) mass is 297 g/mol. The van der Waals surface area contributed by atoms with Crippen LogP contribution in [0.2, 0.25) is 0 Å². The summed E-state index contributed by atoms with van der Waals surface area (Å²) < 4.78 is 35.8. The molecule has 1 saturated heterocycles. The van der Waals surface area contributed by atoms with Gasteiger partial charge >= 0.3 is 18.2 Å². The number of carbonyl (C=O) groups excluding carboxylic acids is 1. The predicted molar refractivity (Wildman–Crippen MR) is 64.3 cm³/mol. The van der Waals surface area contributed by atoms with Crippen molar-refractivity contribution in [3.05, 3.63) is 0 Å². The molecule has 20 heavy (non-hydrogen) atoms. The smallest absolute Gasteiger partial charge is 0.390 e. The Morgan fingerprint density at radius 1 is 1.15 bits per heavy atom. The van der Waals surface area contributed by atoms with E-state index in [0.29, 0.717) is 32.7 Å². The van der Waals surface area contributed by atoms with Gasteiger partial charge in [-0.15, -0.1) is 0 Å². The Hall–Kier alpha value is -1.51. The molecule has 9 heteroatoms. The van der Waals surface area contributed by atoms with E-state index in [1.807, 2.05) is 4.90 Å². The summed E-state index contributed by atoms with van der Waals surface area (Å²) in [6.07, 6.45) is -5.28. The molecule has 0 radical (unpaired) electrons. The number of aliphatic carboxylic acids is 1. The van der Waals surface area contributed by atoms with Gasteiger partial charge in [-0.2, -0.15) is 13.2 Å². The Balaban J connectivity index is 2.20. The molecular formula is C11H18F3N3O3. The molecular weight excluding hydrogens is 279 g/mol. The van der Waals surface area contributed by atoms with Crippen LogP contribution < -0.4 is 5.32 Å². The Morgan fingerprint density at radius 3 is 2.25 bits per heavy atom. The van der Waals surface area contributed by atoms with E-state index in [1.165, 1.54) is 4.90 Å². The van der Waals surface area contributed by atoms with Gasteiger partial charge in [-0.25, -0.2) is 4.79 Å². The molecule has 116 valence electrons. The molecule has 1 aliphatic heterocycles. The molecule has 0 saturated carbocycles. The molecule has 1 fully saturated rings. The number of alkyl halides is 3.